The maximum absolute atomic E-state index is 11.4. The Morgan fingerprint density at radius 1 is 1.26 bits per heavy atom. The van der Waals surface area contributed by atoms with Gasteiger partial charge < -0.3 is 16.8 Å². The van der Waals surface area contributed by atoms with E-state index in [1.807, 2.05) is 6.07 Å². The molecule has 5 N–H and O–H groups in total. The van der Waals surface area contributed by atoms with Crippen LogP contribution in [0.25, 0.3) is 0 Å². The van der Waals surface area contributed by atoms with Gasteiger partial charge in [-0.3, -0.25) is 4.79 Å². The number of hydrogen-bond donors (Lipinski definition) is 3. The summed E-state index contributed by atoms with van der Waals surface area (Å²) in [5, 5.41) is 3.56. The first-order valence-corrected chi connectivity index (χ1v) is 6.56. The lowest BCUT2D eigenvalue weighted by molar-refractivity contribution is 0.100. The Kier molecular flexibility index (Phi) is 3.97. The molecule has 2 aromatic carbocycles. The van der Waals surface area contributed by atoms with Gasteiger partial charge in [0.1, 0.15) is 0 Å². The molecule has 0 radical (unpaired) electrons. The summed E-state index contributed by atoms with van der Waals surface area (Å²) < 4.78 is 0.856. The standard InChI is InChI=1S/C13H11BrClN3O/c14-7-4-5-9(15)11(6-7)18-12-8(13(17)19)2-1-3-10(12)16/h1-6,18H,16H2,(H2,17,19). The number of amides is 1. The molecule has 0 heterocycles. The highest BCUT2D eigenvalue weighted by Gasteiger charge is 2.12. The maximum atomic E-state index is 11.4. The molecule has 0 aliphatic heterocycles. The number of benzene rings is 2. The van der Waals surface area contributed by atoms with Gasteiger partial charge in [-0.25, -0.2) is 0 Å². The van der Waals surface area contributed by atoms with Crippen LogP contribution in [0.2, 0.25) is 5.02 Å². The number of nitrogen functional groups attached to an aromatic ring is 1. The molecule has 0 bridgehead atoms. The first-order valence-electron chi connectivity index (χ1n) is 5.39. The van der Waals surface area contributed by atoms with Gasteiger partial charge in [0.15, 0.2) is 0 Å². The second-order valence-corrected chi connectivity index (χ2v) is 5.21. The predicted molar refractivity (Wildman–Crippen MR) is 81.8 cm³/mol. The molecule has 0 aliphatic carbocycles. The summed E-state index contributed by atoms with van der Waals surface area (Å²) in [5.74, 6) is -0.555. The minimum atomic E-state index is -0.555. The maximum Gasteiger partial charge on any atom is 0.250 e. The average Bonchev–Trinajstić information content (AvgIpc) is 2.35. The number of nitrogens with two attached hydrogens (primary N) is 2. The van der Waals surface area contributed by atoms with Crippen LogP contribution in [0.5, 0.6) is 0 Å². The van der Waals surface area contributed by atoms with Crippen LogP contribution in [0.3, 0.4) is 0 Å². The van der Waals surface area contributed by atoms with Gasteiger partial charge in [0.2, 0.25) is 0 Å². The lowest BCUT2D eigenvalue weighted by Gasteiger charge is -2.14. The lowest BCUT2D eigenvalue weighted by Crippen LogP contribution is -2.14. The molecule has 6 heteroatoms. The van der Waals surface area contributed by atoms with Crippen molar-refractivity contribution < 1.29 is 4.79 Å². The molecule has 0 unspecified atom stereocenters. The largest absolute Gasteiger partial charge is 0.397 e. The number of para-hydroxylation sites is 1. The lowest BCUT2D eigenvalue weighted by atomic mass is 10.1. The van der Waals surface area contributed by atoms with Crippen LogP contribution in [0, 0.1) is 0 Å². The normalized spacial score (nSPS) is 10.2. The molecule has 2 aromatic rings. The van der Waals surface area contributed by atoms with E-state index in [1.54, 1.807) is 30.3 Å². The van der Waals surface area contributed by atoms with Gasteiger partial charge in [-0.1, -0.05) is 33.6 Å². The Hall–Kier alpha value is -1.72. The quantitative estimate of drug-likeness (QED) is 0.748. The zero-order valence-corrected chi connectivity index (χ0v) is 12.1. The first kappa shape index (κ1) is 13.7. The van der Waals surface area contributed by atoms with E-state index in [0.717, 1.165) is 4.47 Å². The summed E-state index contributed by atoms with van der Waals surface area (Å²) in [6.45, 7) is 0. The topological polar surface area (TPSA) is 81.1 Å². The fourth-order valence-electron chi connectivity index (χ4n) is 1.64. The van der Waals surface area contributed by atoms with Crippen LogP contribution < -0.4 is 16.8 Å². The zero-order chi connectivity index (χ0) is 14.0. The van der Waals surface area contributed by atoms with Gasteiger partial charge in [0.25, 0.3) is 5.91 Å². The average molecular weight is 341 g/mol. The van der Waals surface area contributed by atoms with Gasteiger partial charge in [0, 0.05) is 4.47 Å². The van der Waals surface area contributed by atoms with Crippen LogP contribution in [0.4, 0.5) is 17.1 Å². The van der Waals surface area contributed by atoms with E-state index in [-0.39, 0.29) is 0 Å². The van der Waals surface area contributed by atoms with E-state index < -0.39 is 5.91 Å². The van der Waals surface area contributed by atoms with Crippen molar-refractivity contribution in [1.29, 1.82) is 0 Å². The Bertz CT molecular complexity index is 646. The molecule has 2 rings (SSSR count). The number of rotatable bonds is 3. The van der Waals surface area contributed by atoms with Crippen molar-refractivity contribution in [3.8, 4) is 0 Å². The van der Waals surface area contributed by atoms with Crippen LogP contribution in [0.1, 0.15) is 10.4 Å². The van der Waals surface area contributed by atoms with E-state index in [4.69, 9.17) is 23.1 Å². The minimum absolute atomic E-state index is 0.316. The highest BCUT2D eigenvalue weighted by molar-refractivity contribution is 9.10. The van der Waals surface area contributed by atoms with Crippen molar-refractivity contribution in [2.45, 2.75) is 0 Å². The highest BCUT2D eigenvalue weighted by Crippen LogP contribution is 2.32. The van der Waals surface area contributed by atoms with Crippen molar-refractivity contribution in [3.63, 3.8) is 0 Å². The van der Waals surface area contributed by atoms with E-state index >= 15 is 0 Å². The zero-order valence-electron chi connectivity index (χ0n) is 9.78. The second kappa shape index (κ2) is 5.50. The highest BCUT2D eigenvalue weighted by atomic mass is 79.9. The number of anilines is 3. The van der Waals surface area contributed by atoms with Gasteiger partial charge in [-0.15, -0.1) is 0 Å². The number of carbonyl (C=O) groups excluding carboxylic acids is 1. The number of nitrogens with one attached hydrogen (secondary N) is 1. The molecule has 0 aromatic heterocycles. The Morgan fingerprint density at radius 3 is 2.68 bits per heavy atom. The van der Waals surface area contributed by atoms with E-state index in [1.165, 1.54) is 0 Å². The minimum Gasteiger partial charge on any atom is -0.397 e. The molecule has 1 amide bonds. The van der Waals surface area contributed by atoms with E-state index in [9.17, 15) is 4.79 Å². The molecule has 0 saturated heterocycles. The predicted octanol–water partition coefficient (Wildman–Crippen LogP) is 3.53. The van der Waals surface area contributed by atoms with E-state index in [0.29, 0.717) is 27.6 Å². The monoisotopic (exact) mass is 339 g/mol. The number of carbonyl (C=O) groups is 1. The van der Waals surface area contributed by atoms with Crippen LogP contribution in [-0.2, 0) is 0 Å². The summed E-state index contributed by atoms with van der Waals surface area (Å²) in [7, 11) is 0. The smallest absolute Gasteiger partial charge is 0.250 e. The fraction of sp³-hybridized carbons (Fsp3) is 0. The van der Waals surface area contributed by atoms with Crippen LogP contribution in [0.15, 0.2) is 40.9 Å². The van der Waals surface area contributed by atoms with Crippen LogP contribution >= 0.6 is 27.5 Å². The molecular weight excluding hydrogens is 330 g/mol. The van der Waals surface area contributed by atoms with Crippen molar-refractivity contribution in [1.82, 2.24) is 0 Å². The number of primary amides is 1. The molecule has 98 valence electrons. The van der Waals surface area contributed by atoms with Crippen molar-refractivity contribution in [3.05, 3.63) is 51.5 Å². The molecule has 0 fully saturated rings. The third kappa shape index (κ3) is 3.00. The van der Waals surface area contributed by atoms with Gasteiger partial charge >= 0.3 is 0 Å². The van der Waals surface area contributed by atoms with Crippen molar-refractivity contribution >= 4 is 50.5 Å². The second-order valence-electron chi connectivity index (χ2n) is 3.88. The summed E-state index contributed by atoms with van der Waals surface area (Å²) >= 11 is 9.44. The fourth-order valence-corrected chi connectivity index (χ4v) is 2.17. The molecule has 0 saturated carbocycles. The first-order chi connectivity index (χ1) is 8.99. The van der Waals surface area contributed by atoms with Gasteiger partial charge in [-0.05, 0) is 30.3 Å². The Balaban J connectivity index is 2.49. The van der Waals surface area contributed by atoms with E-state index in [2.05, 4.69) is 21.2 Å². The number of halogens is 2. The summed E-state index contributed by atoms with van der Waals surface area (Å²) in [6.07, 6.45) is 0. The number of hydrogen-bond acceptors (Lipinski definition) is 3. The van der Waals surface area contributed by atoms with Crippen molar-refractivity contribution in [2.24, 2.45) is 5.73 Å². The Morgan fingerprint density at radius 2 is 2.00 bits per heavy atom. The molecule has 19 heavy (non-hydrogen) atoms. The molecular formula is C13H11BrClN3O. The summed E-state index contributed by atoms with van der Waals surface area (Å²) in [6, 6.07) is 10.3. The molecule has 0 aliphatic rings. The SMILES string of the molecule is NC(=O)c1cccc(N)c1Nc1cc(Br)ccc1Cl. The third-order valence-electron chi connectivity index (χ3n) is 2.55. The molecule has 4 nitrogen and oxygen atoms in total. The van der Waals surface area contributed by atoms with Gasteiger partial charge in [-0.2, -0.15) is 0 Å². The summed E-state index contributed by atoms with van der Waals surface area (Å²) in [5.41, 5.74) is 13.0. The van der Waals surface area contributed by atoms with Crippen molar-refractivity contribution in [2.75, 3.05) is 11.1 Å². The third-order valence-corrected chi connectivity index (χ3v) is 3.37. The Labute approximate surface area is 123 Å². The van der Waals surface area contributed by atoms with Gasteiger partial charge in [0.05, 0.1) is 27.6 Å². The molecule has 0 atom stereocenters. The van der Waals surface area contributed by atoms with Crippen LogP contribution in [-0.4, -0.2) is 5.91 Å². The summed E-state index contributed by atoms with van der Waals surface area (Å²) in [4.78, 5) is 11.4. The molecule has 0 spiro atoms.